The SMILES string of the molecule is CCCc1nnsc1C(=O)N[C@H](C(=O)O)[C@@H](C)CC. The van der Waals surface area contributed by atoms with Gasteiger partial charge in [0.25, 0.3) is 5.91 Å². The van der Waals surface area contributed by atoms with E-state index in [4.69, 9.17) is 5.11 Å². The second kappa shape index (κ2) is 7.18. The largest absolute Gasteiger partial charge is 0.480 e. The highest BCUT2D eigenvalue weighted by atomic mass is 32.1. The monoisotopic (exact) mass is 285 g/mol. The molecule has 0 unspecified atom stereocenters. The van der Waals surface area contributed by atoms with E-state index < -0.39 is 17.9 Å². The highest BCUT2D eigenvalue weighted by Crippen LogP contribution is 2.14. The Balaban J connectivity index is 2.82. The fourth-order valence-electron chi connectivity index (χ4n) is 1.67. The molecule has 6 nitrogen and oxygen atoms in total. The summed E-state index contributed by atoms with van der Waals surface area (Å²) >= 11 is 1.00. The molecule has 1 amide bonds. The van der Waals surface area contributed by atoms with Crippen LogP contribution >= 0.6 is 11.5 Å². The average molecular weight is 285 g/mol. The molecule has 0 aliphatic heterocycles. The van der Waals surface area contributed by atoms with E-state index in [9.17, 15) is 9.59 Å². The lowest BCUT2D eigenvalue weighted by Crippen LogP contribution is -2.45. The lowest BCUT2D eigenvalue weighted by Gasteiger charge is -2.19. The number of carbonyl (C=O) groups excluding carboxylic acids is 1. The van der Waals surface area contributed by atoms with E-state index in [1.165, 1.54) is 0 Å². The molecule has 1 aromatic rings. The first-order chi connectivity index (χ1) is 9.01. The predicted octanol–water partition coefficient (Wildman–Crippen LogP) is 1.72. The highest BCUT2D eigenvalue weighted by Gasteiger charge is 2.27. The van der Waals surface area contributed by atoms with E-state index in [1.54, 1.807) is 6.92 Å². The molecule has 0 saturated heterocycles. The van der Waals surface area contributed by atoms with E-state index in [1.807, 2.05) is 13.8 Å². The second-order valence-electron chi connectivity index (χ2n) is 4.47. The number of carboxylic acids is 1. The number of aliphatic carboxylic acids is 1. The molecule has 0 bridgehead atoms. The van der Waals surface area contributed by atoms with Gasteiger partial charge in [-0.15, -0.1) is 5.10 Å². The maximum atomic E-state index is 12.1. The van der Waals surface area contributed by atoms with Crippen molar-refractivity contribution in [3.63, 3.8) is 0 Å². The van der Waals surface area contributed by atoms with E-state index in [-0.39, 0.29) is 5.92 Å². The zero-order chi connectivity index (χ0) is 14.4. The zero-order valence-corrected chi connectivity index (χ0v) is 12.2. The minimum atomic E-state index is -1.02. The Hall–Kier alpha value is -1.50. The summed E-state index contributed by atoms with van der Waals surface area (Å²) in [6.07, 6.45) is 2.21. The Morgan fingerprint density at radius 2 is 2.11 bits per heavy atom. The summed E-state index contributed by atoms with van der Waals surface area (Å²) in [4.78, 5) is 23.7. The Labute approximate surface area is 116 Å². The molecule has 0 spiro atoms. The maximum Gasteiger partial charge on any atom is 0.326 e. The van der Waals surface area contributed by atoms with Crippen LogP contribution in [0.2, 0.25) is 0 Å². The summed E-state index contributed by atoms with van der Waals surface area (Å²) in [7, 11) is 0. The zero-order valence-electron chi connectivity index (χ0n) is 11.3. The molecule has 0 radical (unpaired) electrons. The van der Waals surface area contributed by atoms with Crippen molar-refractivity contribution in [3.8, 4) is 0 Å². The maximum absolute atomic E-state index is 12.1. The third-order valence-electron chi connectivity index (χ3n) is 3.01. The van der Waals surface area contributed by atoms with Crippen molar-refractivity contribution in [3.05, 3.63) is 10.6 Å². The van der Waals surface area contributed by atoms with Gasteiger partial charge in [0.05, 0.1) is 5.69 Å². The normalized spacial score (nSPS) is 13.8. The van der Waals surface area contributed by atoms with Gasteiger partial charge in [-0.2, -0.15) is 0 Å². The molecular weight excluding hydrogens is 266 g/mol. The molecule has 1 heterocycles. The van der Waals surface area contributed by atoms with Crippen LogP contribution in [0.5, 0.6) is 0 Å². The van der Waals surface area contributed by atoms with Gasteiger partial charge in [0.1, 0.15) is 10.9 Å². The van der Waals surface area contributed by atoms with Crippen LogP contribution in [-0.2, 0) is 11.2 Å². The summed E-state index contributed by atoms with van der Waals surface area (Å²) in [6, 6.07) is -0.880. The van der Waals surface area contributed by atoms with Crippen LogP contribution in [0.4, 0.5) is 0 Å². The number of hydrogen-bond acceptors (Lipinski definition) is 5. The molecule has 0 aliphatic rings. The number of hydrogen-bond donors (Lipinski definition) is 2. The van der Waals surface area contributed by atoms with Crippen LogP contribution in [0, 0.1) is 5.92 Å². The number of nitrogens with one attached hydrogen (secondary N) is 1. The molecule has 0 fully saturated rings. The highest BCUT2D eigenvalue weighted by molar-refractivity contribution is 7.08. The minimum Gasteiger partial charge on any atom is -0.480 e. The lowest BCUT2D eigenvalue weighted by atomic mass is 9.99. The van der Waals surface area contributed by atoms with E-state index >= 15 is 0 Å². The van der Waals surface area contributed by atoms with Crippen LogP contribution < -0.4 is 5.32 Å². The fourth-order valence-corrected chi connectivity index (χ4v) is 2.28. The van der Waals surface area contributed by atoms with Crippen LogP contribution in [0.3, 0.4) is 0 Å². The van der Waals surface area contributed by atoms with Gasteiger partial charge in [0, 0.05) is 0 Å². The number of aryl methyl sites for hydroxylation is 1. The molecule has 0 aromatic carbocycles. The predicted molar refractivity (Wildman–Crippen MR) is 72.2 cm³/mol. The molecule has 7 heteroatoms. The van der Waals surface area contributed by atoms with Crippen molar-refractivity contribution in [1.29, 1.82) is 0 Å². The van der Waals surface area contributed by atoms with Gasteiger partial charge in [-0.25, -0.2) is 4.79 Å². The molecule has 19 heavy (non-hydrogen) atoms. The van der Waals surface area contributed by atoms with Gasteiger partial charge in [0.2, 0.25) is 0 Å². The molecule has 2 N–H and O–H groups in total. The number of carbonyl (C=O) groups is 2. The first-order valence-corrected chi connectivity index (χ1v) is 7.13. The van der Waals surface area contributed by atoms with Gasteiger partial charge in [-0.3, -0.25) is 4.79 Å². The number of aromatic nitrogens is 2. The quantitative estimate of drug-likeness (QED) is 0.795. The van der Waals surface area contributed by atoms with E-state index in [0.29, 0.717) is 23.4 Å². The number of nitrogens with zero attached hydrogens (tertiary/aromatic N) is 2. The summed E-state index contributed by atoms with van der Waals surface area (Å²) in [5, 5.41) is 15.6. The molecule has 1 rings (SSSR count). The van der Waals surface area contributed by atoms with Crippen molar-refractivity contribution >= 4 is 23.4 Å². The summed E-state index contributed by atoms with van der Waals surface area (Å²) < 4.78 is 3.76. The Morgan fingerprint density at radius 1 is 1.42 bits per heavy atom. The molecule has 0 saturated carbocycles. The third-order valence-corrected chi connectivity index (χ3v) is 3.78. The van der Waals surface area contributed by atoms with Gasteiger partial charge >= 0.3 is 5.97 Å². The summed E-state index contributed by atoms with van der Waals surface area (Å²) in [6.45, 7) is 5.68. The summed E-state index contributed by atoms with van der Waals surface area (Å²) in [5.74, 6) is -1.54. The molecule has 0 aliphatic carbocycles. The minimum absolute atomic E-state index is 0.128. The van der Waals surface area contributed by atoms with Gasteiger partial charge < -0.3 is 10.4 Å². The van der Waals surface area contributed by atoms with Crippen LogP contribution in [-0.4, -0.2) is 32.6 Å². The van der Waals surface area contributed by atoms with Gasteiger partial charge in [0.15, 0.2) is 0 Å². The van der Waals surface area contributed by atoms with Crippen LogP contribution in [0.25, 0.3) is 0 Å². The first-order valence-electron chi connectivity index (χ1n) is 6.36. The molecule has 106 valence electrons. The molecule has 1 aromatic heterocycles. The topological polar surface area (TPSA) is 92.2 Å². The van der Waals surface area contributed by atoms with E-state index in [2.05, 4.69) is 14.9 Å². The number of carboxylic acid groups (broad SMARTS) is 1. The Bertz CT molecular complexity index is 447. The lowest BCUT2D eigenvalue weighted by molar-refractivity contribution is -0.140. The number of amides is 1. The Kier molecular flexibility index (Phi) is 5.88. The first kappa shape index (κ1) is 15.6. The average Bonchev–Trinajstić information content (AvgIpc) is 2.83. The van der Waals surface area contributed by atoms with Gasteiger partial charge in [-0.05, 0) is 23.9 Å². The van der Waals surface area contributed by atoms with Crippen molar-refractivity contribution in [2.45, 2.75) is 46.1 Å². The Morgan fingerprint density at radius 3 is 2.63 bits per heavy atom. The molecular formula is C12H19N3O3S. The van der Waals surface area contributed by atoms with Crippen molar-refractivity contribution < 1.29 is 14.7 Å². The van der Waals surface area contributed by atoms with Crippen LogP contribution in [0.15, 0.2) is 0 Å². The standard InChI is InChI=1S/C12H19N3O3S/c1-4-6-8-10(19-15-14-8)11(16)13-9(12(17)18)7(3)5-2/h7,9H,4-6H2,1-3H3,(H,13,16)(H,17,18)/t7-,9-/m0/s1. The van der Waals surface area contributed by atoms with Crippen molar-refractivity contribution in [2.75, 3.05) is 0 Å². The third kappa shape index (κ3) is 3.99. The second-order valence-corrected chi connectivity index (χ2v) is 5.23. The smallest absolute Gasteiger partial charge is 0.326 e. The fraction of sp³-hybridized carbons (Fsp3) is 0.667. The number of rotatable bonds is 7. The van der Waals surface area contributed by atoms with E-state index in [0.717, 1.165) is 18.0 Å². The van der Waals surface area contributed by atoms with Crippen LogP contribution in [0.1, 0.15) is 49.0 Å². The summed E-state index contributed by atoms with van der Waals surface area (Å²) in [5.41, 5.74) is 0.637. The van der Waals surface area contributed by atoms with Crippen molar-refractivity contribution in [2.24, 2.45) is 5.92 Å². The molecule has 2 atom stereocenters. The van der Waals surface area contributed by atoms with Gasteiger partial charge in [-0.1, -0.05) is 38.1 Å². The van der Waals surface area contributed by atoms with Crippen molar-refractivity contribution in [1.82, 2.24) is 14.9 Å².